The summed E-state index contributed by atoms with van der Waals surface area (Å²) in [6.07, 6.45) is 1.39. The molecule has 1 N–H and O–H groups in total. The summed E-state index contributed by atoms with van der Waals surface area (Å²) in [6.45, 7) is -0.757. The van der Waals surface area contributed by atoms with Crippen molar-refractivity contribution in [3.05, 3.63) is 91.5 Å². The Morgan fingerprint density at radius 2 is 1.77 bits per heavy atom. The Bertz CT molecular complexity index is 1510. The lowest BCUT2D eigenvalue weighted by atomic mass is 10.2. The highest BCUT2D eigenvalue weighted by atomic mass is 35.5. The second kappa shape index (κ2) is 9.62. The highest BCUT2D eigenvalue weighted by molar-refractivity contribution is 6.33. The number of nitrogens with one attached hydrogen (secondary N) is 1. The van der Waals surface area contributed by atoms with E-state index < -0.39 is 35.4 Å². The van der Waals surface area contributed by atoms with E-state index in [1.54, 1.807) is 13.1 Å². The van der Waals surface area contributed by atoms with Gasteiger partial charge < -0.3 is 10.1 Å². The fraction of sp³-hybridized carbons (Fsp3) is 0.190. The third-order valence-corrected chi connectivity index (χ3v) is 5.22. The number of ether oxygens (including phenoxy) is 1. The van der Waals surface area contributed by atoms with Gasteiger partial charge in [-0.15, -0.1) is 0 Å². The van der Waals surface area contributed by atoms with Gasteiger partial charge in [-0.3, -0.25) is 9.25 Å². The molecule has 0 atom stereocenters. The predicted molar refractivity (Wildman–Crippen MR) is 120 cm³/mol. The average Bonchev–Trinajstić information content (AvgIpc) is 3.23. The number of aryl methyl sites for hydroxylation is 1. The fourth-order valence-electron chi connectivity index (χ4n) is 3.23. The van der Waals surface area contributed by atoms with E-state index in [1.807, 2.05) is 0 Å². The maximum atomic E-state index is 13.8. The SMILES string of the molecule is COc1ccc(Nc2nc(=O)n(Cc3ncn(C)n3)c(=O)n2Cc2cc(F)c(F)c(F)c2)c(Cl)c1. The number of aromatic nitrogens is 6. The second-order valence-corrected chi connectivity index (χ2v) is 7.76. The van der Waals surface area contributed by atoms with Crippen LogP contribution in [0.2, 0.25) is 5.02 Å². The molecule has 4 aromatic rings. The van der Waals surface area contributed by atoms with Crippen molar-refractivity contribution < 1.29 is 17.9 Å². The van der Waals surface area contributed by atoms with Gasteiger partial charge in [-0.05, 0) is 29.8 Å². The van der Waals surface area contributed by atoms with Crippen molar-refractivity contribution in [1.82, 2.24) is 28.9 Å². The van der Waals surface area contributed by atoms with Gasteiger partial charge >= 0.3 is 11.4 Å². The summed E-state index contributed by atoms with van der Waals surface area (Å²) in [5.74, 6) is -4.14. The molecule has 0 radical (unpaired) electrons. The molecule has 0 bridgehead atoms. The van der Waals surface area contributed by atoms with Crippen molar-refractivity contribution in [3.63, 3.8) is 0 Å². The lowest BCUT2D eigenvalue weighted by molar-refractivity contribution is 0.415. The Kier molecular flexibility index (Phi) is 6.60. The lowest BCUT2D eigenvalue weighted by Gasteiger charge is -2.16. The molecule has 14 heteroatoms. The van der Waals surface area contributed by atoms with Crippen molar-refractivity contribution >= 4 is 23.2 Å². The highest BCUT2D eigenvalue weighted by Crippen LogP contribution is 2.28. The molecular weight excluding hydrogens is 491 g/mol. The molecule has 0 saturated heterocycles. The van der Waals surface area contributed by atoms with Gasteiger partial charge in [-0.1, -0.05) is 11.6 Å². The fourth-order valence-corrected chi connectivity index (χ4v) is 3.44. The Hall–Kier alpha value is -4.13. The summed E-state index contributed by atoms with van der Waals surface area (Å²) in [7, 11) is 3.06. The summed E-state index contributed by atoms with van der Waals surface area (Å²) in [6, 6.07) is 6.08. The molecule has 0 aliphatic carbocycles. The normalized spacial score (nSPS) is 11.0. The van der Waals surface area contributed by atoms with Gasteiger partial charge in [0.05, 0.1) is 30.9 Å². The first-order chi connectivity index (χ1) is 16.7. The van der Waals surface area contributed by atoms with Gasteiger partial charge in [-0.25, -0.2) is 32.3 Å². The Morgan fingerprint density at radius 3 is 2.37 bits per heavy atom. The van der Waals surface area contributed by atoms with Crippen LogP contribution in [0.3, 0.4) is 0 Å². The van der Waals surface area contributed by atoms with Crippen molar-refractivity contribution in [1.29, 1.82) is 0 Å². The number of hydrogen-bond donors (Lipinski definition) is 1. The molecule has 2 heterocycles. The molecule has 35 heavy (non-hydrogen) atoms. The van der Waals surface area contributed by atoms with Crippen LogP contribution in [-0.2, 0) is 20.1 Å². The molecule has 0 unspecified atom stereocenters. The van der Waals surface area contributed by atoms with E-state index in [4.69, 9.17) is 16.3 Å². The predicted octanol–water partition coefficient (Wildman–Crippen LogP) is 2.45. The van der Waals surface area contributed by atoms with Crippen LogP contribution in [-0.4, -0.2) is 36.0 Å². The molecule has 0 aliphatic heterocycles. The largest absolute Gasteiger partial charge is 0.497 e. The molecule has 4 rings (SSSR count). The zero-order valence-electron chi connectivity index (χ0n) is 18.3. The average molecular weight is 508 g/mol. The molecule has 2 aromatic heterocycles. The van der Waals surface area contributed by atoms with Gasteiger partial charge in [0, 0.05) is 13.1 Å². The summed E-state index contributed by atoms with van der Waals surface area (Å²) in [4.78, 5) is 33.9. The molecule has 182 valence electrons. The molecular formula is C21H17ClF3N7O3. The van der Waals surface area contributed by atoms with Gasteiger partial charge in [0.2, 0.25) is 5.95 Å². The van der Waals surface area contributed by atoms with Crippen LogP contribution >= 0.6 is 11.6 Å². The van der Waals surface area contributed by atoms with E-state index in [9.17, 15) is 22.8 Å². The number of hydrogen-bond acceptors (Lipinski definition) is 7. The number of rotatable bonds is 7. The molecule has 0 amide bonds. The van der Waals surface area contributed by atoms with Crippen LogP contribution in [0.25, 0.3) is 0 Å². The van der Waals surface area contributed by atoms with Gasteiger partial charge in [0.1, 0.15) is 12.1 Å². The quantitative estimate of drug-likeness (QED) is 0.383. The van der Waals surface area contributed by atoms with E-state index in [0.717, 1.165) is 21.3 Å². The van der Waals surface area contributed by atoms with Crippen molar-refractivity contribution in [3.8, 4) is 5.75 Å². The van der Waals surface area contributed by atoms with Crippen LogP contribution < -0.4 is 21.4 Å². The summed E-state index contributed by atoms with van der Waals surface area (Å²) in [5.41, 5.74) is -1.62. The third-order valence-electron chi connectivity index (χ3n) is 4.90. The Labute approximate surface area is 200 Å². The van der Waals surface area contributed by atoms with Gasteiger partial charge in [0.25, 0.3) is 0 Å². The highest BCUT2D eigenvalue weighted by Gasteiger charge is 2.18. The molecule has 10 nitrogen and oxygen atoms in total. The van der Waals surface area contributed by atoms with Crippen LogP contribution in [0.5, 0.6) is 5.75 Å². The zero-order chi connectivity index (χ0) is 25.3. The van der Waals surface area contributed by atoms with Crippen molar-refractivity contribution in [2.75, 3.05) is 12.4 Å². The summed E-state index contributed by atoms with van der Waals surface area (Å²) < 4.78 is 49.3. The van der Waals surface area contributed by atoms with Crippen LogP contribution in [0, 0.1) is 17.5 Å². The minimum Gasteiger partial charge on any atom is -0.497 e. The zero-order valence-corrected chi connectivity index (χ0v) is 19.1. The van der Waals surface area contributed by atoms with Crippen LogP contribution in [0.1, 0.15) is 11.4 Å². The molecule has 2 aromatic carbocycles. The first kappa shape index (κ1) is 24.0. The standard InChI is InChI=1S/C21H17ClF3N7O3/c1-30-10-26-17(29-30)9-32-20(33)28-19(27-16-4-3-12(35-2)7-13(16)22)31(21(32)34)8-11-5-14(23)18(25)15(24)6-11/h3-7,10H,8-9H2,1-2H3,(H,27,28,33). The first-order valence-electron chi connectivity index (χ1n) is 9.96. The molecule has 0 spiro atoms. The number of anilines is 2. The maximum absolute atomic E-state index is 13.8. The van der Waals surface area contributed by atoms with E-state index >= 15 is 0 Å². The van der Waals surface area contributed by atoms with Gasteiger partial charge in [0.15, 0.2) is 23.3 Å². The first-order valence-corrected chi connectivity index (χ1v) is 10.3. The molecule has 0 aliphatic rings. The van der Waals surface area contributed by atoms with E-state index in [0.29, 0.717) is 5.75 Å². The monoisotopic (exact) mass is 507 g/mol. The maximum Gasteiger partial charge on any atom is 0.355 e. The topological polar surface area (TPSA) is 109 Å². The minimum atomic E-state index is -1.64. The Balaban J connectivity index is 1.83. The lowest BCUT2D eigenvalue weighted by Crippen LogP contribution is -2.43. The van der Waals surface area contributed by atoms with Crippen molar-refractivity contribution in [2.45, 2.75) is 13.1 Å². The van der Waals surface area contributed by atoms with Gasteiger partial charge in [-0.2, -0.15) is 10.1 Å². The number of benzene rings is 2. The van der Waals surface area contributed by atoms with E-state index in [2.05, 4.69) is 20.4 Å². The number of halogens is 4. The minimum absolute atomic E-state index is 0.0877. The third kappa shape index (κ3) is 5.04. The number of nitrogens with zero attached hydrogens (tertiary/aromatic N) is 6. The summed E-state index contributed by atoms with van der Waals surface area (Å²) >= 11 is 6.25. The smallest absolute Gasteiger partial charge is 0.355 e. The van der Waals surface area contributed by atoms with E-state index in [1.165, 1.54) is 30.3 Å². The van der Waals surface area contributed by atoms with E-state index in [-0.39, 0.29) is 34.6 Å². The van der Waals surface area contributed by atoms with Crippen LogP contribution in [0.4, 0.5) is 24.8 Å². The van der Waals surface area contributed by atoms with Crippen molar-refractivity contribution in [2.24, 2.45) is 7.05 Å². The number of methoxy groups -OCH3 is 1. The Morgan fingerprint density at radius 1 is 1.06 bits per heavy atom. The molecule has 0 saturated carbocycles. The summed E-state index contributed by atoms with van der Waals surface area (Å²) in [5, 5.41) is 7.01. The van der Waals surface area contributed by atoms with Crippen LogP contribution in [0.15, 0.2) is 46.2 Å². The second-order valence-electron chi connectivity index (χ2n) is 7.35. The molecule has 0 fully saturated rings.